The Hall–Kier alpha value is -1.73. The maximum atomic E-state index is 9.33. The SMILES string of the molecule is COc1ccc(OC(C)CC(C)(C#N)NC(C)C)cc1. The summed E-state index contributed by atoms with van der Waals surface area (Å²) >= 11 is 0. The van der Waals surface area contributed by atoms with E-state index in [4.69, 9.17) is 9.47 Å². The Morgan fingerprint density at radius 2 is 1.75 bits per heavy atom. The fourth-order valence-corrected chi connectivity index (χ4v) is 2.28. The molecular weight excluding hydrogens is 252 g/mol. The summed E-state index contributed by atoms with van der Waals surface area (Å²) in [4.78, 5) is 0. The van der Waals surface area contributed by atoms with Crippen LogP contribution in [0.2, 0.25) is 0 Å². The standard InChI is InChI=1S/C16H24N2O2/c1-12(2)18-16(4,11-17)10-13(3)20-15-8-6-14(19-5)7-9-15/h6-9,12-13,18H,10H2,1-5H3. The van der Waals surface area contributed by atoms with Gasteiger partial charge in [-0.3, -0.25) is 5.32 Å². The first-order chi connectivity index (χ1) is 9.38. The van der Waals surface area contributed by atoms with Crippen LogP contribution in [-0.2, 0) is 0 Å². The fourth-order valence-electron chi connectivity index (χ4n) is 2.28. The van der Waals surface area contributed by atoms with Gasteiger partial charge in [0.1, 0.15) is 17.0 Å². The molecule has 0 radical (unpaired) electrons. The Morgan fingerprint density at radius 3 is 2.20 bits per heavy atom. The molecule has 2 atom stereocenters. The van der Waals surface area contributed by atoms with E-state index in [-0.39, 0.29) is 12.1 Å². The van der Waals surface area contributed by atoms with E-state index in [0.717, 1.165) is 11.5 Å². The summed E-state index contributed by atoms with van der Waals surface area (Å²) in [7, 11) is 1.63. The van der Waals surface area contributed by atoms with Crippen LogP contribution in [0.1, 0.15) is 34.1 Å². The maximum absolute atomic E-state index is 9.33. The number of nitriles is 1. The molecule has 2 unspecified atom stereocenters. The van der Waals surface area contributed by atoms with E-state index in [1.54, 1.807) is 7.11 Å². The summed E-state index contributed by atoms with van der Waals surface area (Å²) in [6.07, 6.45) is 0.563. The molecule has 0 amide bonds. The highest BCUT2D eigenvalue weighted by Gasteiger charge is 2.27. The van der Waals surface area contributed by atoms with E-state index in [9.17, 15) is 5.26 Å². The average molecular weight is 276 g/mol. The molecule has 0 bridgehead atoms. The van der Waals surface area contributed by atoms with Gasteiger partial charge in [0, 0.05) is 12.5 Å². The molecule has 0 saturated heterocycles. The van der Waals surface area contributed by atoms with Gasteiger partial charge in [-0.05, 0) is 52.0 Å². The van der Waals surface area contributed by atoms with Gasteiger partial charge in [-0.2, -0.15) is 5.26 Å². The monoisotopic (exact) mass is 276 g/mol. The number of hydrogen-bond acceptors (Lipinski definition) is 4. The number of benzene rings is 1. The lowest BCUT2D eigenvalue weighted by molar-refractivity contribution is 0.176. The molecule has 1 N–H and O–H groups in total. The Labute approximate surface area is 121 Å². The zero-order valence-electron chi connectivity index (χ0n) is 12.9. The van der Waals surface area contributed by atoms with Crippen LogP contribution in [0.25, 0.3) is 0 Å². The number of nitrogens with one attached hydrogen (secondary N) is 1. The first-order valence-corrected chi connectivity index (χ1v) is 6.88. The van der Waals surface area contributed by atoms with Crippen molar-refractivity contribution in [3.05, 3.63) is 24.3 Å². The van der Waals surface area contributed by atoms with E-state index in [2.05, 4.69) is 11.4 Å². The molecule has 0 aromatic heterocycles. The maximum Gasteiger partial charge on any atom is 0.119 e. The molecule has 110 valence electrons. The van der Waals surface area contributed by atoms with Crippen molar-refractivity contribution in [3.63, 3.8) is 0 Å². The smallest absolute Gasteiger partial charge is 0.119 e. The summed E-state index contributed by atoms with van der Waals surface area (Å²) < 4.78 is 11.0. The highest BCUT2D eigenvalue weighted by molar-refractivity contribution is 5.31. The van der Waals surface area contributed by atoms with Crippen LogP contribution in [0.15, 0.2) is 24.3 Å². The molecule has 0 aliphatic carbocycles. The van der Waals surface area contributed by atoms with Crippen molar-refractivity contribution >= 4 is 0 Å². The Bertz CT molecular complexity index is 451. The number of nitrogens with zero attached hydrogens (tertiary/aromatic N) is 1. The molecule has 1 aromatic rings. The predicted molar refractivity (Wildman–Crippen MR) is 80.0 cm³/mol. The summed E-state index contributed by atoms with van der Waals surface area (Å²) in [5.74, 6) is 1.58. The summed E-state index contributed by atoms with van der Waals surface area (Å²) in [5.41, 5.74) is -0.583. The van der Waals surface area contributed by atoms with Crippen LogP contribution < -0.4 is 14.8 Å². The van der Waals surface area contributed by atoms with Crippen LogP contribution in [0.3, 0.4) is 0 Å². The fraction of sp³-hybridized carbons (Fsp3) is 0.562. The van der Waals surface area contributed by atoms with Crippen molar-refractivity contribution in [2.75, 3.05) is 7.11 Å². The van der Waals surface area contributed by atoms with Gasteiger partial charge in [0.05, 0.1) is 19.3 Å². The molecule has 0 heterocycles. The molecule has 0 aliphatic heterocycles. The minimum atomic E-state index is -0.583. The van der Waals surface area contributed by atoms with Gasteiger partial charge in [-0.25, -0.2) is 0 Å². The lowest BCUT2D eigenvalue weighted by Crippen LogP contribution is -2.47. The Kier molecular flexibility index (Phi) is 5.84. The summed E-state index contributed by atoms with van der Waals surface area (Å²) in [6, 6.07) is 10.0. The lowest BCUT2D eigenvalue weighted by Gasteiger charge is -2.29. The third-order valence-electron chi connectivity index (χ3n) is 2.95. The number of methoxy groups -OCH3 is 1. The van der Waals surface area contributed by atoms with Gasteiger partial charge in [0.2, 0.25) is 0 Å². The molecule has 4 nitrogen and oxygen atoms in total. The van der Waals surface area contributed by atoms with Gasteiger partial charge < -0.3 is 9.47 Å². The van der Waals surface area contributed by atoms with Crippen LogP contribution >= 0.6 is 0 Å². The Morgan fingerprint density at radius 1 is 1.20 bits per heavy atom. The normalized spacial score (nSPS) is 15.2. The third-order valence-corrected chi connectivity index (χ3v) is 2.95. The molecule has 0 aliphatic rings. The third kappa shape index (κ3) is 5.10. The van der Waals surface area contributed by atoms with Crippen LogP contribution in [0, 0.1) is 11.3 Å². The van der Waals surface area contributed by atoms with E-state index >= 15 is 0 Å². The van der Waals surface area contributed by atoms with E-state index in [0.29, 0.717) is 6.42 Å². The van der Waals surface area contributed by atoms with Crippen LogP contribution in [0.4, 0.5) is 0 Å². The second-order valence-electron chi connectivity index (χ2n) is 5.55. The molecule has 0 fully saturated rings. The van der Waals surface area contributed by atoms with Crippen molar-refractivity contribution in [1.29, 1.82) is 5.26 Å². The summed E-state index contributed by atoms with van der Waals surface area (Å²) in [6.45, 7) is 7.94. The topological polar surface area (TPSA) is 54.3 Å². The van der Waals surface area contributed by atoms with Crippen LogP contribution in [0.5, 0.6) is 11.5 Å². The average Bonchev–Trinajstić information content (AvgIpc) is 2.38. The van der Waals surface area contributed by atoms with E-state index in [1.807, 2.05) is 52.0 Å². The zero-order valence-corrected chi connectivity index (χ0v) is 12.9. The highest BCUT2D eigenvalue weighted by Crippen LogP contribution is 2.21. The van der Waals surface area contributed by atoms with Crippen molar-refractivity contribution in [3.8, 4) is 17.6 Å². The minimum Gasteiger partial charge on any atom is -0.497 e. The predicted octanol–water partition coefficient (Wildman–Crippen LogP) is 3.13. The first-order valence-electron chi connectivity index (χ1n) is 6.88. The van der Waals surface area contributed by atoms with E-state index in [1.165, 1.54) is 0 Å². The minimum absolute atomic E-state index is 0.0562. The first kappa shape index (κ1) is 16.3. The quantitative estimate of drug-likeness (QED) is 0.831. The molecule has 0 spiro atoms. The van der Waals surface area contributed by atoms with Crippen molar-refractivity contribution < 1.29 is 9.47 Å². The van der Waals surface area contributed by atoms with Gasteiger partial charge in [-0.1, -0.05) is 0 Å². The lowest BCUT2D eigenvalue weighted by atomic mass is 9.95. The van der Waals surface area contributed by atoms with E-state index < -0.39 is 5.54 Å². The van der Waals surface area contributed by atoms with Gasteiger partial charge in [0.25, 0.3) is 0 Å². The second kappa shape index (κ2) is 7.16. The van der Waals surface area contributed by atoms with Gasteiger partial charge in [-0.15, -0.1) is 0 Å². The van der Waals surface area contributed by atoms with Gasteiger partial charge >= 0.3 is 0 Å². The highest BCUT2D eigenvalue weighted by atomic mass is 16.5. The molecule has 1 rings (SSSR count). The van der Waals surface area contributed by atoms with Gasteiger partial charge in [0.15, 0.2) is 0 Å². The number of hydrogen-bond donors (Lipinski definition) is 1. The molecule has 4 heteroatoms. The second-order valence-corrected chi connectivity index (χ2v) is 5.55. The summed E-state index contributed by atoms with van der Waals surface area (Å²) in [5, 5.41) is 12.6. The van der Waals surface area contributed by atoms with Crippen LogP contribution in [-0.4, -0.2) is 24.8 Å². The zero-order chi connectivity index (χ0) is 15.2. The Balaban J connectivity index is 2.61. The number of rotatable bonds is 7. The van der Waals surface area contributed by atoms with Crippen molar-refractivity contribution in [1.82, 2.24) is 5.32 Å². The largest absolute Gasteiger partial charge is 0.497 e. The molecule has 0 saturated carbocycles. The molecule has 20 heavy (non-hydrogen) atoms. The number of ether oxygens (including phenoxy) is 2. The molecular formula is C16H24N2O2. The molecule has 1 aromatic carbocycles. The van der Waals surface area contributed by atoms with Crippen molar-refractivity contribution in [2.45, 2.75) is 51.8 Å². The van der Waals surface area contributed by atoms with Crippen molar-refractivity contribution in [2.24, 2.45) is 0 Å².